The summed E-state index contributed by atoms with van der Waals surface area (Å²) in [7, 11) is 3.33. The first-order valence-electron chi connectivity index (χ1n) is 8.89. The molecule has 2 saturated heterocycles. The second-order valence-electron chi connectivity index (χ2n) is 6.87. The number of nitrogens with one attached hydrogen (secondary N) is 1. The molecule has 1 N–H and O–H groups in total. The monoisotopic (exact) mass is 368 g/mol. The topological polar surface area (TPSA) is 50.8 Å². The van der Waals surface area contributed by atoms with E-state index in [0.29, 0.717) is 11.9 Å². The van der Waals surface area contributed by atoms with Crippen LogP contribution in [0.1, 0.15) is 44.2 Å². The summed E-state index contributed by atoms with van der Waals surface area (Å²) in [6, 6.07) is 6.43. The lowest BCUT2D eigenvalue weighted by molar-refractivity contribution is -0.137. The van der Waals surface area contributed by atoms with Crippen LogP contribution in [0.25, 0.3) is 0 Å². The van der Waals surface area contributed by atoms with Crippen LogP contribution in [0.15, 0.2) is 18.2 Å². The number of carbonyl (C=O) groups is 1. The first-order chi connectivity index (χ1) is 11.6. The zero-order valence-corrected chi connectivity index (χ0v) is 16.1. The van der Waals surface area contributed by atoms with Crippen molar-refractivity contribution in [3.05, 3.63) is 23.8 Å². The Morgan fingerprint density at radius 1 is 1.24 bits per heavy atom. The number of likely N-dealkylation sites (tertiary alicyclic amines) is 1. The summed E-state index contributed by atoms with van der Waals surface area (Å²) in [6.07, 6.45) is 3.91. The average Bonchev–Trinajstić information content (AvgIpc) is 3.09. The van der Waals surface area contributed by atoms with E-state index in [1.54, 1.807) is 14.2 Å². The van der Waals surface area contributed by atoms with Crippen LogP contribution in [0.2, 0.25) is 0 Å². The van der Waals surface area contributed by atoms with E-state index >= 15 is 0 Å². The van der Waals surface area contributed by atoms with E-state index in [0.717, 1.165) is 55.8 Å². The molecule has 1 unspecified atom stereocenters. The van der Waals surface area contributed by atoms with Crippen molar-refractivity contribution in [2.75, 3.05) is 27.3 Å². The fourth-order valence-corrected chi connectivity index (χ4v) is 4.04. The molecule has 140 valence electrons. The number of piperidine rings is 1. The lowest BCUT2D eigenvalue weighted by atomic mass is 9.91. The van der Waals surface area contributed by atoms with Gasteiger partial charge in [-0.25, -0.2) is 0 Å². The molecular formula is C19H29ClN2O3. The van der Waals surface area contributed by atoms with Crippen LogP contribution in [-0.2, 0) is 4.79 Å². The van der Waals surface area contributed by atoms with Gasteiger partial charge in [-0.2, -0.15) is 0 Å². The molecule has 2 heterocycles. The molecule has 0 aliphatic carbocycles. The van der Waals surface area contributed by atoms with Gasteiger partial charge in [0.15, 0.2) is 0 Å². The number of hydrogen-bond acceptors (Lipinski definition) is 4. The van der Waals surface area contributed by atoms with Crippen molar-refractivity contribution in [1.82, 2.24) is 10.2 Å². The molecule has 1 amide bonds. The zero-order valence-electron chi connectivity index (χ0n) is 15.3. The van der Waals surface area contributed by atoms with E-state index in [1.165, 1.54) is 0 Å². The molecule has 2 fully saturated rings. The maximum absolute atomic E-state index is 13.1. The predicted molar refractivity (Wildman–Crippen MR) is 101 cm³/mol. The highest BCUT2D eigenvalue weighted by atomic mass is 35.5. The van der Waals surface area contributed by atoms with E-state index in [1.807, 2.05) is 18.2 Å². The van der Waals surface area contributed by atoms with Crippen molar-refractivity contribution >= 4 is 18.3 Å². The molecule has 2 aliphatic heterocycles. The molecular weight excluding hydrogens is 340 g/mol. The minimum atomic E-state index is 0. The Labute approximate surface area is 156 Å². The van der Waals surface area contributed by atoms with Crippen LogP contribution in [0.4, 0.5) is 0 Å². The smallest absolute Gasteiger partial charge is 0.226 e. The summed E-state index contributed by atoms with van der Waals surface area (Å²) in [6.45, 7) is 3.94. The highest BCUT2D eigenvalue weighted by molar-refractivity contribution is 5.85. The van der Waals surface area contributed by atoms with Crippen LogP contribution in [0.3, 0.4) is 0 Å². The number of ether oxygens (including phenoxy) is 2. The largest absolute Gasteiger partial charge is 0.497 e. The molecule has 3 rings (SSSR count). The maximum atomic E-state index is 13.1. The van der Waals surface area contributed by atoms with Gasteiger partial charge in [-0.15, -0.1) is 12.4 Å². The molecule has 0 saturated carbocycles. The Hall–Kier alpha value is -1.46. The standard InChI is InChI=1S/C19H28N2O3.ClH/c1-13-11-14(8-9-20-13)19(22)21-10-4-5-17(21)16-7-6-15(23-2)12-18(16)24-3;/h6-7,12-14,17,20H,4-5,8-11H2,1-3H3;1H/t13-,14-,17?;/m0./s1. The number of halogens is 1. The summed E-state index contributed by atoms with van der Waals surface area (Å²) in [5.41, 5.74) is 1.09. The summed E-state index contributed by atoms with van der Waals surface area (Å²) in [4.78, 5) is 15.2. The van der Waals surface area contributed by atoms with Crippen molar-refractivity contribution in [1.29, 1.82) is 0 Å². The molecule has 2 aliphatic rings. The minimum Gasteiger partial charge on any atom is -0.497 e. The van der Waals surface area contributed by atoms with Crippen molar-refractivity contribution < 1.29 is 14.3 Å². The van der Waals surface area contributed by atoms with Gasteiger partial charge in [0.25, 0.3) is 0 Å². The van der Waals surface area contributed by atoms with E-state index < -0.39 is 0 Å². The maximum Gasteiger partial charge on any atom is 0.226 e. The van der Waals surface area contributed by atoms with Crippen LogP contribution < -0.4 is 14.8 Å². The second kappa shape index (κ2) is 8.77. The third-order valence-corrected chi connectivity index (χ3v) is 5.31. The number of rotatable bonds is 4. The van der Waals surface area contributed by atoms with Crippen LogP contribution in [0, 0.1) is 5.92 Å². The van der Waals surface area contributed by atoms with Gasteiger partial charge in [0.1, 0.15) is 11.5 Å². The van der Waals surface area contributed by atoms with E-state index in [2.05, 4.69) is 17.1 Å². The third-order valence-electron chi connectivity index (χ3n) is 5.31. The Morgan fingerprint density at radius 2 is 2.04 bits per heavy atom. The highest BCUT2D eigenvalue weighted by Crippen LogP contribution is 2.40. The normalized spacial score (nSPS) is 26.0. The Bertz CT molecular complexity index is 596. The fraction of sp³-hybridized carbons (Fsp3) is 0.632. The van der Waals surface area contributed by atoms with Gasteiger partial charge in [-0.05, 0) is 51.3 Å². The first-order valence-corrected chi connectivity index (χ1v) is 8.89. The molecule has 1 aromatic carbocycles. The minimum absolute atomic E-state index is 0. The highest BCUT2D eigenvalue weighted by Gasteiger charge is 2.36. The zero-order chi connectivity index (χ0) is 17.1. The van der Waals surface area contributed by atoms with Crippen molar-refractivity contribution in [2.24, 2.45) is 5.92 Å². The number of nitrogens with zero attached hydrogens (tertiary/aromatic N) is 1. The van der Waals surface area contributed by atoms with Gasteiger partial charge in [-0.3, -0.25) is 4.79 Å². The number of carbonyl (C=O) groups excluding carboxylic acids is 1. The Balaban J connectivity index is 0.00000225. The van der Waals surface area contributed by atoms with Crippen molar-refractivity contribution in [2.45, 2.75) is 44.7 Å². The van der Waals surface area contributed by atoms with Crippen molar-refractivity contribution in [3.63, 3.8) is 0 Å². The molecule has 0 radical (unpaired) electrons. The SMILES string of the molecule is COc1ccc(C2CCCN2C(=O)[C@H]2CCN[C@@H](C)C2)c(OC)c1.Cl. The van der Waals surface area contributed by atoms with Gasteiger partial charge in [0.2, 0.25) is 5.91 Å². The van der Waals surface area contributed by atoms with Gasteiger partial charge in [0.05, 0.1) is 20.3 Å². The summed E-state index contributed by atoms with van der Waals surface area (Å²) >= 11 is 0. The van der Waals surface area contributed by atoms with Crippen LogP contribution >= 0.6 is 12.4 Å². The van der Waals surface area contributed by atoms with Crippen LogP contribution in [0.5, 0.6) is 11.5 Å². The van der Waals surface area contributed by atoms with Gasteiger partial charge in [0, 0.05) is 30.1 Å². The molecule has 5 nitrogen and oxygen atoms in total. The van der Waals surface area contributed by atoms with E-state index in [9.17, 15) is 4.79 Å². The van der Waals surface area contributed by atoms with Gasteiger partial charge in [-0.1, -0.05) is 0 Å². The van der Waals surface area contributed by atoms with Crippen LogP contribution in [-0.4, -0.2) is 44.2 Å². The number of benzene rings is 1. The summed E-state index contributed by atoms with van der Waals surface area (Å²) in [5, 5.41) is 3.43. The van der Waals surface area contributed by atoms with Gasteiger partial charge < -0.3 is 19.7 Å². The average molecular weight is 369 g/mol. The molecule has 0 aromatic heterocycles. The first kappa shape index (κ1) is 19.9. The van der Waals surface area contributed by atoms with Gasteiger partial charge >= 0.3 is 0 Å². The number of hydrogen-bond donors (Lipinski definition) is 1. The number of methoxy groups -OCH3 is 2. The fourth-order valence-electron chi connectivity index (χ4n) is 4.04. The number of amides is 1. The Kier molecular flexibility index (Phi) is 6.96. The summed E-state index contributed by atoms with van der Waals surface area (Å²) < 4.78 is 10.9. The van der Waals surface area contributed by atoms with Crippen molar-refractivity contribution in [3.8, 4) is 11.5 Å². The molecule has 6 heteroatoms. The Morgan fingerprint density at radius 3 is 2.72 bits per heavy atom. The summed E-state index contributed by atoms with van der Waals surface area (Å²) in [5.74, 6) is 2.03. The second-order valence-corrected chi connectivity index (χ2v) is 6.87. The lowest BCUT2D eigenvalue weighted by Gasteiger charge is -2.33. The quantitative estimate of drug-likeness (QED) is 0.886. The molecule has 0 bridgehead atoms. The third kappa shape index (κ3) is 4.21. The predicted octanol–water partition coefficient (Wildman–Crippen LogP) is 3.18. The molecule has 3 atom stereocenters. The lowest BCUT2D eigenvalue weighted by Crippen LogP contribution is -2.44. The molecule has 1 aromatic rings. The van der Waals surface area contributed by atoms with E-state index in [-0.39, 0.29) is 24.4 Å². The van der Waals surface area contributed by atoms with E-state index in [4.69, 9.17) is 9.47 Å². The molecule has 25 heavy (non-hydrogen) atoms. The molecule has 0 spiro atoms.